The molecule has 7 rings (SSSR count). The molecule has 1 aliphatic heterocycles. The summed E-state index contributed by atoms with van der Waals surface area (Å²) in [6.07, 6.45) is 2.81. The van der Waals surface area contributed by atoms with Crippen LogP contribution in [0.3, 0.4) is 0 Å². The fourth-order valence-corrected chi connectivity index (χ4v) is 9.63. The molecule has 2 amide bonds. The van der Waals surface area contributed by atoms with Crippen LogP contribution in [-0.4, -0.2) is 116 Å². The van der Waals surface area contributed by atoms with Crippen LogP contribution in [0.5, 0.6) is 5.75 Å². The van der Waals surface area contributed by atoms with E-state index in [1.807, 2.05) is 87.7 Å². The highest BCUT2D eigenvalue weighted by atomic mass is 16.7. The van der Waals surface area contributed by atoms with Crippen LogP contribution in [0.1, 0.15) is 62.2 Å². The number of hydrogen-bond donors (Lipinski definition) is 4. The molecule has 4 aliphatic rings. The van der Waals surface area contributed by atoms with E-state index < -0.39 is 24.2 Å². The van der Waals surface area contributed by atoms with Crippen LogP contribution in [0, 0.1) is 29.1 Å². The zero-order chi connectivity index (χ0) is 40.5. The summed E-state index contributed by atoms with van der Waals surface area (Å²) >= 11 is 0. The Morgan fingerprint density at radius 1 is 1.09 bits per heavy atom. The van der Waals surface area contributed by atoms with Crippen molar-refractivity contribution in [3.8, 4) is 16.9 Å². The highest BCUT2D eigenvalue weighted by Gasteiger charge is 2.57. The molecule has 2 heterocycles. The predicted octanol–water partition coefficient (Wildman–Crippen LogP) is 4.39. The highest BCUT2D eigenvalue weighted by molar-refractivity contribution is 5.97. The number of fused-ring (bicyclic) bond motifs is 2. The quantitative estimate of drug-likeness (QED) is 0.176. The van der Waals surface area contributed by atoms with E-state index in [0.29, 0.717) is 42.0 Å². The summed E-state index contributed by atoms with van der Waals surface area (Å²) in [5.41, 5.74) is 4.84. The van der Waals surface area contributed by atoms with E-state index in [9.17, 15) is 19.8 Å². The SMILES string of the molecule is COc1c(CN2O[C@@H](CO)[C@H]([C@H](C)O)[C@H]2C(=O)N[C@H]2C[C@H]3C[C@@H]([C@@H]2C)C3(C)C)cccc1-c1cc(C(=O)N[C@@H](Cc2ccccn2)CN(C)C)cc(N(C)C)c1. The molecule has 56 heavy (non-hydrogen) atoms. The fraction of sp³-hybridized carbons (Fsp3) is 0.568. The Bertz CT molecular complexity index is 1840. The van der Waals surface area contributed by atoms with E-state index in [4.69, 9.17) is 9.57 Å². The van der Waals surface area contributed by atoms with Gasteiger partial charge in [-0.15, -0.1) is 0 Å². The maximum atomic E-state index is 14.3. The molecule has 12 heteroatoms. The molecule has 0 spiro atoms. The van der Waals surface area contributed by atoms with Gasteiger partial charge in [-0.1, -0.05) is 45.0 Å². The van der Waals surface area contributed by atoms with E-state index >= 15 is 0 Å². The molecule has 2 aromatic carbocycles. The molecule has 3 aliphatic carbocycles. The van der Waals surface area contributed by atoms with Gasteiger partial charge in [0.15, 0.2) is 0 Å². The number of methoxy groups -OCH3 is 1. The lowest BCUT2D eigenvalue weighted by Crippen LogP contribution is -2.62. The summed E-state index contributed by atoms with van der Waals surface area (Å²) in [6, 6.07) is 16.4. The van der Waals surface area contributed by atoms with Crippen LogP contribution in [0.25, 0.3) is 11.1 Å². The van der Waals surface area contributed by atoms with E-state index in [1.165, 1.54) is 6.42 Å². The first-order valence-corrected chi connectivity index (χ1v) is 20.0. The van der Waals surface area contributed by atoms with Crippen molar-refractivity contribution in [2.75, 3.05) is 53.4 Å². The molecule has 9 atom stereocenters. The largest absolute Gasteiger partial charge is 0.496 e. The molecule has 0 unspecified atom stereocenters. The average Bonchev–Trinajstić information content (AvgIpc) is 3.53. The number of ether oxygens (including phenoxy) is 1. The van der Waals surface area contributed by atoms with Crippen LogP contribution in [-0.2, 0) is 22.6 Å². The van der Waals surface area contributed by atoms with Crippen molar-refractivity contribution in [2.45, 2.75) is 83.8 Å². The number of nitrogens with one attached hydrogen (secondary N) is 2. The summed E-state index contributed by atoms with van der Waals surface area (Å²) in [5, 5.41) is 29.6. The van der Waals surface area contributed by atoms with Crippen molar-refractivity contribution >= 4 is 17.5 Å². The molecule has 0 radical (unpaired) electrons. The Hall–Kier alpha value is -4.07. The van der Waals surface area contributed by atoms with E-state index in [-0.39, 0.29) is 42.5 Å². The molecule has 304 valence electrons. The van der Waals surface area contributed by atoms with Crippen LogP contribution in [0.4, 0.5) is 5.69 Å². The van der Waals surface area contributed by atoms with Crippen LogP contribution in [0.15, 0.2) is 60.8 Å². The standard InChI is InChI=1S/C44H62N6O6/c1-26-36-20-31(44(36,3)4)21-37(26)47-43(54)40-39(27(2)52)38(25-51)56-50(40)23-28-13-12-15-35(41(28)55-9)29-17-30(19-34(18-29)49(7)8)42(53)46-33(24-48(5)6)22-32-14-10-11-16-45-32/h10-19,26-27,31,33,36-40,51-52H,20-25H2,1-9H3,(H,46,53)(H,47,54)/t26-,27-,31+,33-,36-,37-,38-,39-,40-/m0/s1. The summed E-state index contributed by atoms with van der Waals surface area (Å²) in [4.78, 5) is 43.1. The summed E-state index contributed by atoms with van der Waals surface area (Å²) in [6.45, 7) is 9.01. The smallest absolute Gasteiger partial charge is 0.251 e. The first-order chi connectivity index (χ1) is 26.6. The predicted molar refractivity (Wildman–Crippen MR) is 218 cm³/mol. The third-order valence-electron chi connectivity index (χ3n) is 12.8. The summed E-state index contributed by atoms with van der Waals surface area (Å²) in [7, 11) is 9.45. The Morgan fingerprint density at radius 2 is 1.86 bits per heavy atom. The number of carbonyl (C=O) groups excluding carboxylic acids is 2. The monoisotopic (exact) mass is 770 g/mol. The zero-order valence-electron chi connectivity index (χ0n) is 34.5. The number of rotatable bonds is 15. The number of amides is 2. The Balaban J connectivity index is 1.28. The third kappa shape index (κ3) is 8.60. The van der Waals surface area contributed by atoms with Crippen LogP contribution in [0.2, 0.25) is 0 Å². The lowest BCUT2D eigenvalue weighted by atomic mass is 9.45. The average molecular weight is 771 g/mol. The van der Waals surface area contributed by atoms with Crippen molar-refractivity contribution in [2.24, 2.45) is 29.1 Å². The van der Waals surface area contributed by atoms with Crippen molar-refractivity contribution in [1.82, 2.24) is 25.6 Å². The molecule has 2 bridgehead atoms. The van der Waals surface area contributed by atoms with Crippen molar-refractivity contribution in [3.63, 3.8) is 0 Å². The molecule has 1 saturated heterocycles. The number of para-hydroxylation sites is 1. The van der Waals surface area contributed by atoms with Gasteiger partial charge in [-0.05, 0) is 92.9 Å². The maximum absolute atomic E-state index is 14.3. The van der Waals surface area contributed by atoms with Gasteiger partial charge in [0.2, 0.25) is 5.91 Å². The minimum Gasteiger partial charge on any atom is -0.496 e. The number of hydroxylamine groups is 2. The van der Waals surface area contributed by atoms with Crippen molar-refractivity contribution in [3.05, 3.63) is 77.6 Å². The number of anilines is 1. The van der Waals surface area contributed by atoms with Crippen LogP contribution < -0.4 is 20.3 Å². The van der Waals surface area contributed by atoms with Crippen LogP contribution >= 0.6 is 0 Å². The minimum atomic E-state index is -0.906. The van der Waals surface area contributed by atoms with E-state index in [1.54, 1.807) is 25.3 Å². The molecular formula is C44H62N6O6. The summed E-state index contributed by atoms with van der Waals surface area (Å²) in [5.74, 6) is 0.972. The second kappa shape index (κ2) is 17.2. The molecule has 4 fully saturated rings. The number of hydrogen-bond acceptors (Lipinski definition) is 10. The van der Waals surface area contributed by atoms with Crippen molar-refractivity contribution in [1.29, 1.82) is 0 Å². The molecule has 12 nitrogen and oxygen atoms in total. The van der Waals surface area contributed by atoms with Gasteiger partial charge < -0.3 is 35.4 Å². The van der Waals surface area contributed by atoms with E-state index in [0.717, 1.165) is 34.5 Å². The number of benzene rings is 2. The third-order valence-corrected chi connectivity index (χ3v) is 12.8. The van der Waals surface area contributed by atoms with E-state index in [2.05, 4.69) is 41.3 Å². The van der Waals surface area contributed by atoms with Gasteiger partial charge in [0.05, 0.1) is 26.4 Å². The van der Waals surface area contributed by atoms with Gasteiger partial charge in [-0.25, -0.2) is 0 Å². The first-order valence-electron chi connectivity index (χ1n) is 20.0. The zero-order valence-corrected chi connectivity index (χ0v) is 34.5. The maximum Gasteiger partial charge on any atom is 0.251 e. The molecule has 4 N–H and O–H groups in total. The topological polar surface area (TPSA) is 140 Å². The molecule has 3 aromatic rings. The highest BCUT2D eigenvalue weighted by Crippen LogP contribution is 2.61. The normalized spacial score (nSPS) is 26.6. The number of carbonyl (C=O) groups is 2. The number of nitrogens with zero attached hydrogens (tertiary/aromatic N) is 4. The van der Waals surface area contributed by atoms with Gasteiger partial charge in [0.1, 0.15) is 17.9 Å². The van der Waals surface area contributed by atoms with Gasteiger partial charge in [-0.2, -0.15) is 5.06 Å². The second-order valence-electron chi connectivity index (χ2n) is 17.4. The van der Waals surface area contributed by atoms with Crippen molar-refractivity contribution < 1.29 is 29.4 Å². The summed E-state index contributed by atoms with van der Waals surface area (Å²) < 4.78 is 6.10. The molecular weight excluding hydrogens is 709 g/mol. The number of likely N-dealkylation sites (N-methyl/N-ethyl adjacent to an activating group) is 1. The lowest BCUT2D eigenvalue weighted by molar-refractivity contribution is -0.183. The minimum absolute atomic E-state index is 0.0327. The number of aromatic nitrogens is 1. The molecule has 1 aromatic heterocycles. The number of pyridine rings is 1. The Morgan fingerprint density at radius 3 is 2.46 bits per heavy atom. The molecule has 3 saturated carbocycles. The van der Waals surface area contributed by atoms with Gasteiger partial charge in [-0.3, -0.25) is 19.4 Å². The van der Waals surface area contributed by atoms with Gasteiger partial charge in [0.25, 0.3) is 5.91 Å². The lowest BCUT2D eigenvalue weighted by Gasteiger charge is -2.62. The fourth-order valence-electron chi connectivity index (χ4n) is 9.63. The van der Waals surface area contributed by atoms with Gasteiger partial charge in [0, 0.05) is 79.3 Å². The Kier molecular flexibility index (Phi) is 12.8. The second-order valence-corrected chi connectivity index (χ2v) is 17.4. The first kappa shape index (κ1) is 41.6. The number of aliphatic hydroxyl groups excluding tert-OH is 2. The number of aliphatic hydroxyl groups is 2. The van der Waals surface area contributed by atoms with Gasteiger partial charge >= 0.3 is 0 Å². The Labute approximate surface area is 332 Å².